The first kappa shape index (κ1) is 26.6. The lowest BCUT2D eigenvalue weighted by atomic mass is 10.0. The minimum atomic E-state index is -1.13. The third-order valence-electron chi connectivity index (χ3n) is 3.89. The highest BCUT2D eigenvalue weighted by atomic mass is 16.6. The van der Waals surface area contributed by atoms with Gasteiger partial charge in [-0.15, -0.1) is 0 Å². The van der Waals surface area contributed by atoms with Crippen LogP contribution < -0.4 is 5.32 Å². The van der Waals surface area contributed by atoms with E-state index < -0.39 is 37.3 Å². The van der Waals surface area contributed by atoms with Crippen molar-refractivity contribution in [3.63, 3.8) is 0 Å². The third-order valence-corrected chi connectivity index (χ3v) is 3.89. The fraction of sp³-hybridized carbons (Fsp3) is 0.227. The minimum absolute atomic E-state index is 0.124. The van der Waals surface area contributed by atoms with Crippen LogP contribution in [0.3, 0.4) is 0 Å². The molecule has 1 atom stereocenters. The Balaban J connectivity index is 2.88. The Morgan fingerprint density at radius 1 is 1.03 bits per heavy atom. The maximum absolute atomic E-state index is 12.2. The molecule has 3 N–H and O–H groups in total. The summed E-state index contributed by atoms with van der Waals surface area (Å²) >= 11 is 0. The molecule has 0 radical (unpaired) electrons. The summed E-state index contributed by atoms with van der Waals surface area (Å²) < 4.78 is 14.9. The Bertz CT molecular complexity index is 961. The minimum Gasteiger partial charge on any atom is -0.458 e. The fourth-order valence-electron chi connectivity index (χ4n) is 2.25. The molecule has 0 saturated heterocycles. The summed E-state index contributed by atoms with van der Waals surface area (Å²) in [5.74, 6) is -1.49. The lowest BCUT2D eigenvalue weighted by Gasteiger charge is -2.18. The molecule has 0 fully saturated rings. The Morgan fingerprint density at radius 3 is 2.06 bits per heavy atom. The van der Waals surface area contributed by atoms with Crippen LogP contribution in [0, 0.1) is 10.8 Å². The van der Waals surface area contributed by atoms with Crippen LogP contribution in [0.15, 0.2) is 43.0 Å². The molecule has 1 aromatic carbocycles. The van der Waals surface area contributed by atoms with Gasteiger partial charge in [0.15, 0.2) is 18.7 Å². The van der Waals surface area contributed by atoms with Gasteiger partial charge < -0.3 is 19.5 Å². The van der Waals surface area contributed by atoms with Gasteiger partial charge in [-0.05, 0) is 30.7 Å². The van der Waals surface area contributed by atoms with Crippen molar-refractivity contribution >= 4 is 42.0 Å². The molecule has 0 bridgehead atoms. The number of alkyl carbamates (subject to hydrolysis) is 1. The van der Waals surface area contributed by atoms with E-state index in [-0.39, 0.29) is 34.7 Å². The van der Waals surface area contributed by atoms with Crippen molar-refractivity contribution in [3.05, 3.63) is 59.7 Å². The molecular weight excluding hydrogens is 434 g/mol. The first-order valence-electron chi connectivity index (χ1n) is 9.39. The summed E-state index contributed by atoms with van der Waals surface area (Å²) in [6.07, 6.45) is -0.572. The number of rotatable bonds is 13. The normalized spacial score (nSPS) is 10.7. The summed E-state index contributed by atoms with van der Waals surface area (Å²) in [7, 11) is 0. The number of hydrogen-bond acceptors (Lipinski definition) is 10. The molecule has 1 rings (SSSR count). The number of aldehydes is 2. The zero-order chi connectivity index (χ0) is 25.0. The molecule has 1 amide bonds. The molecular formula is C22H23N3O8. The first-order valence-corrected chi connectivity index (χ1v) is 9.39. The van der Waals surface area contributed by atoms with Gasteiger partial charge in [-0.2, -0.15) is 0 Å². The van der Waals surface area contributed by atoms with Crippen molar-refractivity contribution in [1.29, 1.82) is 10.8 Å². The predicted molar refractivity (Wildman–Crippen MR) is 116 cm³/mol. The van der Waals surface area contributed by atoms with Crippen LogP contribution in [0.1, 0.15) is 23.6 Å². The van der Waals surface area contributed by atoms with Crippen molar-refractivity contribution in [2.45, 2.75) is 19.6 Å². The zero-order valence-electron chi connectivity index (χ0n) is 17.8. The largest absolute Gasteiger partial charge is 0.458 e. The Morgan fingerprint density at radius 2 is 1.58 bits per heavy atom. The average molecular weight is 457 g/mol. The molecule has 0 aromatic heterocycles. The van der Waals surface area contributed by atoms with E-state index >= 15 is 0 Å². The quantitative estimate of drug-likeness (QED) is 0.130. The molecule has 1 unspecified atom stereocenters. The highest BCUT2D eigenvalue weighted by Crippen LogP contribution is 2.12. The number of ether oxygens (including phenoxy) is 3. The van der Waals surface area contributed by atoms with Crippen LogP contribution in [-0.4, -0.2) is 61.3 Å². The topological polar surface area (TPSA) is 173 Å². The van der Waals surface area contributed by atoms with Crippen LogP contribution in [-0.2, 0) is 39.9 Å². The van der Waals surface area contributed by atoms with Gasteiger partial charge in [0.25, 0.3) is 0 Å². The maximum atomic E-state index is 12.2. The van der Waals surface area contributed by atoms with Crippen molar-refractivity contribution in [2.75, 3.05) is 13.2 Å². The van der Waals surface area contributed by atoms with Crippen LogP contribution in [0.2, 0.25) is 0 Å². The second-order valence-electron chi connectivity index (χ2n) is 6.58. The molecule has 0 aliphatic carbocycles. The summed E-state index contributed by atoms with van der Waals surface area (Å²) in [4.78, 5) is 56.9. The molecule has 0 spiro atoms. The first-order chi connectivity index (χ1) is 15.6. The molecule has 11 heteroatoms. The van der Waals surface area contributed by atoms with E-state index in [1.165, 1.54) is 25.1 Å². The molecule has 33 heavy (non-hydrogen) atoms. The van der Waals surface area contributed by atoms with Gasteiger partial charge in [0.05, 0.1) is 0 Å². The Labute approximate surface area is 189 Å². The average Bonchev–Trinajstić information content (AvgIpc) is 2.82. The standard InChI is InChI=1S/C22H23N3O8/c1-4-20(28)31-11-17(12-32-21(29)13(2)3)33-22(30)25-8-14-5-15(18(23)9-26)7-16(6-14)19(24)10-27/h4-7,9-10,17,23-24H,1-2,8,11-12H2,3H3,(H,25,30). The molecule has 0 aliphatic rings. The van der Waals surface area contributed by atoms with E-state index in [4.69, 9.17) is 25.0 Å². The second-order valence-corrected chi connectivity index (χ2v) is 6.58. The third kappa shape index (κ3) is 9.09. The lowest BCUT2D eigenvalue weighted by molar-refractivity contribution is -0.147. The Hall–Kier alpha value is -4.41. The van der Waals surface area contributed by atoms with E-state index in [1.54, 1.807) is 0 Å². The van der Waals surface area contributed by atoms with E-state index in [0.29, 0.717) is 18.1 Å². The van der Waals surface area contributed by atoms with Crippen molar-refractivity contribution in [3.8, 4) is 0 Å². The number of hydrogen-bond donors (Lipinski definition) is 3. The van der Waals surface area contributed by atoms with Gasteiger partial charge in [0, 0.05) is 29.3 Å². The molecule has 1 aromatic rings. The lowest BCUT2D eigenvalue weighted by Crippen LogP contribution is -2.35. The van der Waals surface area contributed by atoms with Crippen LogP contribution >= 0.6 is 0 Å². The van der Waals surface area contributed by atoms with Crippen molar-refractivity contribution in [2.24, 2.45) is 0 Å². The number of carbonyl (C=O) groups excluding carboxylic acids is 5. The van der Waals surface area contributed by atoms with Crippen LogP contribution in [0.25, 0.3) is 0 Å². The van der Waals surface area contributed by atoms with Gasteiger partial charge >= 0.3 is 18.0 Å². The number of carbonyl (C=O) groups is 5. The zero-order valence-corrected chi connectivity index (χ0v) is 17.8. The fourth-order valence-corrected chi connectivity index (χ4v) is 2.25. The molecule has 174 valence electrons. The van der Waals surface area contributed by atoms with Crippen LogP contribution in [0.4, 0.5) is 4.79 Å². The SMILES string of the molecule is C=CC(=O)OCC(COC(=O)C(=C)C)OC(=O)NCc1cc(C(=N)C=O)cc(C(=N)C=O)c1. The van der Waals surface area contributed by atoms with E-state index in [0.717, 1.165) is 6.08 Å². The molecule has 0 heterocycles. The smallest absolute Gasteiger partial charge is 0.407 e. The van der Waals surface area contributed by atoms with Crippen molar-refractivity contribution in [1.82, 2.24) is 5.32 Å². The van der Waals surface area contributed by atoms with E-state index in [9.17, 15) is 24.0 Å². The van der Waals surface area contributed by atoms with Crippen LogP contribution in [0.5, 0.6) is 0 Å². The van der Waals surface area contributed by atoms with Gasteiger partial charge in [0.1, 0.15) is 24.6 Å². The monoisotopic (exact) mass is 457 g/mol. The van der Waals surface area contributed by atoms with Gasteiger partial charge in [-0.25, -0.2) is 14.4 Å². The number of benzene rings is 1. The highest BCUT2D eigenvalue weighted by molar-refractivity contribution is 6.37. The van der Waals surface area contributed by atoms with Gasteiger partial charge in [-0.1, -0.05) is 13.2 Å². The number of amides is 1. The summed E-state index contributed by atoms with van der Waals surface area (Å²) in [6.45, 7) is 7.14. The van der Waals surface area contributed by atoms with Gasteiger partial charge in [-0.3, -0.25) is 20.4 Å². The predicted octanol–water partition coefficient (Wildman–Crippen LogP) is 1.26. The van der Waals surface area contributed by atoms with E-state index in [2.05, 4.69) is 18.5 Å². The summed E-state index contributed by atoms with van der Waals surface area (Å²) in [5.41, 5.74) is 0.0609. The highest BCUT2D eigenvalue weighted by Gasteiger charge is 2.19. The molecule has 11 nitrogen and oxygen atoms in total. The Kier molecular flexibility index (Phi) is 10.6. The second kappa shape index (κ2) is 13.1. The van der Waals surface area contributed by atoms with Gasteiger partial charge in [0.2, 0.25) is 0 Å². The summed E-state index contributed by atoms with van der Waals surface area (Å²) in [6, 6.07) is 4.18. The van der Waals surface area contributed by atoms with Crippen molar-refractivity contribution < 1.29 is 38.2 Å². The molecule has 0 aliphatic heterocycles. The number of esters is 2. The summed E-state index contributed by atoms with van der Waals surface area (Å²) in [5, 5.41) is 17.7. The molecule has 0 saturated carbocycles. The maximum Gasteiger partial charge on any atom is 0.407 e. The van der Waals surface area contributed by atoms with E-state index in [1.807, 2.05) is 0 Å². The number of nitrogens with one attached hydrogen (secondary N) is 3.